The SMILES string of the molecule is COc1cccc(CNC(=O)C(=O)NCC(c2cccs2)S(=O)(=O)c2ccc(C)cc2)c1. The lowest BCUT2D eigenvalue weighted by Crippen LogP contribution is -2.42. The van der Waals surface area contributed by atoms with Gasteiger partial charge in [0.1, 0.15) is 11.0 Å². The van der Waals surface area contributed by atoms with E-state index in [4.69, 9.17) is 4.74 Å². The monoisotopic (exact) mass is 472 g/mol. The molecule has 0 saturated carbocycles. The summed E-state index contributed by atoms with van der Waals surface area (Å²) in [6, 6.07) is 17.1. The predicted octanol–water partition coefficient (Wildman–Crippen LogP) is 3.01. The second-order valence-corrected chi connectivity index (χ2v) is 10.2. The number of nitrogens with one attached hydrogen (secondary N) is 2. The molecule has 0 radical (unpaired) electrons. The van der Waals surface area contributed by atoms with E-state index in [-0.39, 0.29) is 18.0 Å². The summed E-state index contributed by atoms with van der Waals surface area (Å²) < 4.78 is 31.6. The highest BCUT2D eigenvalue weighted by atomic mass is 32.2. The minimum absolute atomic E-state index is 0.138. The molecule has 0 saturated heterocycles. The highest BCUT2D eigenvalue weighted by Crippen LogP contribution is 2.31. The lowest BCUT2D eigenvalue weighted by molar-refractivity contribution is -0.139. The fourth-order valence-corrected chi connectivity index (χ4v) is 5.82. The Hall–Kier alpha value is -3.17. The molecule has 1 heterocycles. The van der Waals surface area contributed by atoms with Crippen molar-refractivity contribution in [3.8, 4) is 5.75 Å². The molecule has 2 amide bonds. The van der Waals surface area contributed by atoms with E-state index in [0.29, 0.717) is 10.6 Å². The molecule has 9 heteroatoms. The average Bonchev–Trinajstić information content (AvgIpc) is 3.32. The van der Waals surface area contributed by atoms with Crippen molar-refractivity contribution in [3.63, 3.8) is 0 Å². The summed E-state index contributed by atoms with van der Waals surface area (Å²) in [5, 5.41) is 5.77. The minimum Gasteiger partial charge on any atom is -0.497 e. The molecule has 2 N–H and O–H groups in total. The molecule has 1 aromatic heterocycles. The lowest BCUT2D eigenvalue weighted by Gasteiger charge is -2.17. The molecule has 32 heavy (non-hydrogen) atoms. The van der Waals surface area contributed by atoms with Gasteiger partial charge in [0.2, 0.25) is 0 Å². The number of sulfone groups is 1. The van der Waals surface area contributed by atoms with Gasteiger partial charge < -0.3 is 15.4 Å². The van der Waals surface area contributed by atoms with Crippen LogP contribution in [-0.4, -0.2) is 33.9 Å². The standard InChI is InChI=1S/C23H24N2O5S2/c1-16-8-10-19(11-9-16)32(28,29)21(20-7-4-12-31-20)15-25-23(27)22(26)24-14-17-5-3-6-18(13-17)30-2/h3-13,21H,14-15H2,1-2H3,(H,24,26)(H,25,27). The maximum Gasteiger partial charge on any atom is 0.309 e. The predicted molar refractivity (Wildman–Crippen MR) is 123 cm³/mol. The number of methoxy groups -OCH3 is 1. The van der Waals surface area contributed by atoms with Crippen molar-refractivity contribution in [2.75, 3.05) is 13.7 Å². The number of aryl methyl sites for hydroxylation is 1. The van der Waals surface area contributed by atoms with Gasteiger partial charge in [0, 0.05) is 18.0 Å². The van der Waals surface area contributed by atoms with Crippen LogP contribution in [0.3, 0.4) is 0 Å². The summed E-state index contributed by atoms with van der Waals surface area (Å²) in [6.07, 6.45) is 0. The smallest absolute Gasteiger partial charge is 0.309 e. The number of hydrogen-bond acceptors (Lipinski definition) is 6. The third kappa shape index (κ3) is 5.74. The summed E-state index contributed by atoms with van der Waals surface area (Å²) in [6.45, 7) is 1.79. The normalized spacial score (nSPS) is 12.1. The van der Waals surface area contributed by atoms with Crippen LogP contribution in [0.15, 0.2) is 70.9 Å². The number of carbonyl (C=O) groups excluding carboxylic acids is 2. The second-order valence-electron chi connectivity index (χ2n) is 7.11. The third-order valence-electron chi connectivity index (χ3n) is 4.83. The zero-order valence-corrected chi connectivity index (χ0v) is 19.3. The summed E-state index contributed by atoms with van der Waals surface area (Å²) in [7, 11) is -2.23. The first kappa shape index (κ1) is 23.5. The van der Waals surface area contributed by atoms with Gasteiger partial charge in [-0.05, 0) is 48.2 Å². The van der Waals surface area contributed by atoms with Gasteiger partial charge in [-0.25, -0.2) is 8.42 Å². The molecule has 3 aromatic rings. The Morgan fingerprint density at radius 2 is 1.72 bits per heavy atom. The summed E-state index contributed by atoms with van der Waals surface area (Å²) in [4.78, 5) is 25.3. The van der Waals surface area contributed by atoms with Crippen molar-refractivity contribution >= 4 is 33.0 Å². The molecule has 7 nitrogen and oxygen atoms in total. The van der Waals surface area contributed by atoms with Crippen LogP contribution in [0.2, 0.25) is 0 Å². The molecular formula is C23H24N2O5S2. The molecule has 0 spiro atoms. The van der Waals surface area contributed by atoms with Crippen molar-refractivity contribution in [1.29, 1.82) is 0 Å². The fraction of sp³-hybridized carbons (Fsp3) is 0.217. The van der Waals surface area contributed by atoms with Crippen molar-refractivity contribution in [2.45, 2.75) is 23.6 Å². The molecule has 0 aliphatic heterocycles. The summed E-state index contributed by atoms with van der Waals surface area (Å²) >= 11 is 1.28. The summed E-state index contributed by atoms with van der Waals surface area (Å²) in [5.74, 6) is -1.10. The summed E-state index contributed by atoms with van der Waals surface area (Å²) in [5.41, 5.74) is 1.71. The van der Waals surface area contributed by atoms with Crippen molar-refractivity contribution in [1.82, 2.24) is 10.6 Å². The van der Waals surface area contributed by atoms with Gasteiger partial charge in [0.15, 0.2) is 9.84 Å². The van der Waals surface area contributed by atoms with E-state index in [1.54, 1.807) is 73.2 Å². The first-order valence-corrected chi connectivity index (χ1v) is 12.3. The number of thiophene rings is 1. The Kier molecular flexibility index (Phi) is 7.66. The van der Waals surface area contributed by atoms with Gasteiger partial charge in [-0.15, -0.1) is 11.3 Å². The van der Waals surface area contributed by atoms with Crippen LogP contribution in [0.1, 0.15) is 21.3 Å². The van der Waals surface area contributed by atoms with Crippen LogP contribution < -0.4 is 15.4 Å². The molecule has 168 valence electrons. The van der Waals surface area contributed by atoms with Gasteiger partial charge in [0.05, 0.1) is 12.0 Å². The van der Waals surface area contributed by atoms with Crippen LogP contribution in [0.4, 0.5) is 0 Å². The van der Waals surface area contributed by atoms with Crippen molar-refractivity contribution in [2.24, 2.45) is 0 Å². The van der Waals surface area contributed by atoms with Crippen LogP contribution in [0, 0.1) is 6.92 Å². The van der Waals surface area contributed by atoms with Gasteiger partial charge in [-0.1, -0.05) is 35.9 Å². The highest BCUT2D eigenvalue weighted by Gasteiger charge is 2.31. The van der Waals surface area contributed by atoms with E-state index in [0.717, 1.165) is 11.1 Å². The zero-order chi connectivity index (χ0) is 23.1. The maximum atomic E-state index is 13.2. The maximum absolute atomic E-state index is 13.2. The van der Waals surface area contributed by atoms with E-state index in [1.807, 2.05) is 6.92 Å². The fourth-order valence-electron chi connectivity index (χ4n) is 3.04. The number of hydrogen-bond donors (Lipinski definition) is 2. The number of carbonyl (C=O) groups is 2. The third-order valence-corrected chi connectivity index (χ3v) is 8.06. The number of amides is 2. The van der Waals surface area contributed by atoms with Crippen molar-refractivity contribution in [3.05, 3.63) is 82.0 Å². The Balaban J connectivity index is 1.67. The van der Waals surface area contributed by atoms with Crippen LogP contribution in [-0.2, 0) is 26.0 Å². The largest absolute Gasteiger partial charge is 0.497 e. The minimum atomic E-state index is -3.78. The molecule has 0 aliphatic rings. The lowest BCUT2D eigenvalue weighted by atomic mass is 10.2. The molecular weight excluding hydrogens is 448 g/mol. The molecule has 1 unspecified atom stereocenters. The Labute approximate surface area is 191 Å². The molecule has 0 aliphatic carbocycles. The average molecular weight is 473 g/mol. The van der Waals surface area contributed by atoms with Crippen LogP contribution in [0.25, 0.3) is 0 Å². The van der Waals surface area contributed by atoms with Gasteiger partial charge in [0.25, 0.3) is 0 Å². The highest BCUT2D eigenvalue weighted by molar-refractivity contribution is 7.91. The van der Waals surface area contributed by atoms with E-state index < -0.39 is 26.9 Å². The van der Waals surface area contributed by atoms with E-state index in [9.17, 15) is 18.0 Å². The second kappa shape index (κ2) is 10.4. The van der Waals surface area contributed by atoms with E-state index in [1.165, 1.54) is 11.3 Å². The molecule has 0 fully saturated rings. The topological polar surface area (TPSA) is 102 Å². The quantitative estimate of drug-likeness (QED) is 0.491. The van der Waals surface area contributed by atoms with Crippen molar-refractivity contribution < 1.29 is 22.7 Å². The molecule has 0 bridgehead atoms. The van der Waals surface area contributed by atoms with Gasteiger partial charge in [-0.2, -0.15) is 0 Å². The number of ether oxygens (including phenoxy) is 1. The first-order chi connectivity index (χ1) is 15.3. The molecule has 3 rings (SSSR count). The molecule has 1 atom stereocenters. The number of benzene rings is 2. The van der Waals surface area contributed by atoms with Crippen LogP contribution in [0.5, 0.6) is 5.75 Å². The zero-order valence-electron chi connectivity index (χ0n) is 17.7. The van der Waals surface area contributed by atoms with E-state index in [2.05, 4.69) is 10.6 Å². The Bertz CT molecular complexity index is 1170. The Morgan fingerprint density at radius 3 is 2.38 bits per heavy atom. The number of rotatable bonds is 8. The van der Waals surface area contributed by atoms with Gasteiger partial charge >= 0.3 is 11.8 Å². The van der Waals surface area contributed by atoms with E-state index >= 15 is 0 Å². The first-order valence-electron chi connectivity index (χ1n) is 9.84. The Morgan fingerprint density at radius 1 is 1.00 bits per heavy atom. The van der Waals surface area contributed by atoms with Crippen LogP contribution >= 0.6 is 11.3 Å². The molecule has 2 aromatic carbocycles. The van der Waals surface area contributed by atoms with Gasteiger partial charge in [-0.3, -0.25) is 9.59 Å².